The highest BCUT2D eigenvalue weighted by molar-refractivity contribution is 6.05. The Labute approximate surface area is 141 Å². The number of pyridine rings is 1. The lowest BCUT2D eigenvalue weighted by Gasteiger charge is -2.30. The lowest BCUT2D eigenvalue weighted by atomic mass is 10.0. The van der Waals surface area contributed by atoms with Crippen molar-refractivity contribution in [1.82, 2.24) is 14.8 Å². The summed E-state index contributed by atoms with van der Waals surface area (Å²) in [4.78, 5) is 19.4. The van der Waals surface area contributed by atoms with Gasteiger partial charge in [0.25, 0.3) is 0 Å². The first-order valence-corrected chi connectivity index (χ1v) is 8.98. The Morgan fingerprint density at radius 1 is 1.29 bits per heavy atom. The Morgan fingerprint density at radius 2 is 2.04 bits per heavy atom. The molecule has 2 aromatic rings. The molecule has 2 aromatic heterocycles. The third-order valence-corrected chi connectivity index (χ3v) is 4.98. The summed E-state index contributed by atoms with van der Waals surface area (Å²) in [5, 5.41) is 5.79. The molecule has 0 radical (unpaired) electrons. The lowest BCUT2D eigenvalue weighted by Crippen LogP contribution is -2.31. The molecule has 1 saturated carbocycles. The van der Waals surface area contributed by atoms with Crippen molar-refractivity contribution >= 4 is 22.7 Å². The Bertz CT molecular complexity index is 773. The van der Waals surface area contributed by atoms with Crippen LogP contribution in [0, 0.1) is 0 Å². The summed E-state index contributed by atoms with van der Waals surface area (Å²) in [7, 11) is 1.94. The maximum absolute atomic E-state index is 12.5. The van der Waals surface area contributed by atoms with E-state index >= 15 is 0 Å². The molecule has 0 atom stereocenters. The zero-order chi connectivity index (χ0) is 16.7. The van der Waals surface area contributed by atoms with Crippen molar-refractivity contribution < 1.29 is 9.53 Å². The van der Waals surface area contributed by atoms with Crippen LogP contribution in [0.1, 0.15) is 61.0 Å². The molecule has 2 fully saturated rings. The third kappa shape index (κ3) is 2.54. The first-order valence-electron chi connectivity index (χ1n) is 8.98. The summed E-state index contributed by atoms with van der Waals surface area (Å²) in [6.45, 7) is 4.16. The smallest absolute Gasteiger partial charge is 0.341 e. The number of hydrogen-bond acceptors (Lipinski definition) is 5. The third-order valence-electron chi connectivity index (χ3n) is 4.98. The minimum absolute atomic E-state index is 0.280. The highest BCUT2D eigenvalue weighted by atomic mass is 16.5. The Morgan fingerprint density at radius 3 is 2.71 bits per heavy atom. The van der Waals surface area contributed by atoms with Gasteiger partial charge in [-0.05, 0) is 39.0 Å². The van der Waals surface area contributed by atoms with Gasteiger partial charge >= 0.3 is 5.97 Å². The number of aryl methyl sites for hydroxylation is 1. The second-order valence-electron chi connectivity index (χ2n) is 6.77. The summed E-state index contributed by atoms with van der Waals surface area (Å²) >= 11 is 0. The maximum atomic E-state index is 12.5. The highest BCUT2D eigenvalue weighted by Gasteiger charge is 2.33. The summed E-state index contributed by atoms with van der Waals surface area (Å²) in [6.07, 6.45) is 7.59. The van der Waals surface area contributed by atoms with Gasteiger partial charge in [-0.1, -0.05) is 0 Å². The average molecular weight is 328 g/mol. The van der Waals surface area contributed by atoms with Gasteiger partial charge < -0.3 is 9.64 Å². The molecular weight excluding hydrogens is 304 g/mol. The number of nitrogens with zero attached hydrogens (tertiary/aromatic N) is 4. The number of aromatic nitrogens is 3. The number of hydrogen-bond donors (Lipinski definition) is 0. The van der Waals surface area contributed by atoms with E-state index in [9.17, 15) is 4.79 Å². The summed E-state index contributed by atoms with van der Waals surface area (Å²) < 4.78 is 7.15. The van der Waals surface area contributed by atoms with Gasteiger partial charge in [0.2, 0.25) is 0 Å². The molecule has 1 saturated heterocycles. The number of carbonyl (C=O) groups excluding carboxylic acids is 1. The SMILES string of the molecule is CCOC(=O)c1cnc2c(c(C3CC3)nn2C)c1N1CCCCC1. The van der Waals surface area contributed by atoms with Crippen LogP contribution in [0.25, 0.3) is 11.0 Å². The molecule has 3 heterocycles. The van der Waals surface area contributed by atoms with E-state index in [0.29, 0.717) is 18.1 Å². The standard InChI is InChI=1S/C18H24N4O2/c1-3-24-18(23)13-11-19-17-14(15(12-7-8-12)20-21(17)2)16(13)22-9-5-4-6-10-22/h11-12H,3-10H2,1-2H3. The first kappa shape index (κ1) is 15.4. The molecule has 0 N–H and O–H groups in total. The molecule has 24 heavy (non-hydrogen) atoms. The molecule has 6 heteroatoms. The van der Waals surface area contributed by atoms with Crippen molar-refractivity contribution in [2.75, 3.05) is 24.6 Å². The molecule has 0 bridgehead atoms. The van der Waals surface area contributed by atoms with Crippen LogP contribution < -0.4 is 4.90 Å². The van der Waals surface area contributed by atoms with Gasteiger partial charge in [-0.15, -0.1) is 0 Å². The van der Waals surface area contributed by atoms with E-state index in [4.69, 9.17) is 9.84 Å². The van der Waals surface area contributed by atoms with Crippen molar-refractivity contribution in [2.45, 2.75) is 44.9 Å². The quantitative estimate of drug-likeness (QED) is 0.808. The number of anilines is 1. The summed E-state index contributed by atoms with van der Waals surface area (Å²) in [5.74, 6) is 0.231. The summed E-state index contributed by atoms with van der Waals surface area (Å²) in [5.41, 5.74) is 3.55. The largest absolute Gasteiger partial charge is 0.462 e. The van der Waals surface area contributed by atoms with E-state index < -0.39 is 0 Å². The Hall–Kier alpha value is -2.11. The Balaban J connectivity index is 1.93. The Kier molecular flexibility index (Phi) is 3.90. The minimum Gasteiger partial charge on any atom is -0.462 e. The van der Waals surface area contributed by atoms with Crippen LogP contribution in [0.5, 0.6) is 0 Å². The number of carbonyl (C=O) groups is 1. The zero-order valence-corrected chi connectivity index (χ0v) is 14.4. The van der Waals surface area contributed by atoms with Crippen molar-refractivity contribution in [2.24, 2.45) is 7.05 Å². The van der Waals surface area contributed by atoms with E-state index in [-0.39, 0.29) is 5.97 Å². The number of ether oxygens (including phenoxy) is 1. The zero-order valence-electron chi connectivity index (χ0n) is 14.4. The van der Waals surface area contributed by atoms with Crippen molar-refractivity contribution in [3.63, 3.8) is 0 Å². The summed E-state index contributed by atoms with van der Waals surface area (Å²) in [6, 6.07) is 0. The number of fused-ring (bicyclic) bond motifs is 1. The van der Waals surface area contributed by atoms with Gasteiger partial charge in [-0.3, -0.25) is 4.68 Å². The van der Waals surface area contributed by atoms with Gasteiger partial charge in [-0.2, -0.15) is 5.10 Å². The number of rotatable bonds is 4. The van der Waals surface area contributed by atoms with Gasteiger partial charge in [0, 0.05) is 32.3 Å². The van der Waals surface area contributed by atoms with E-state index in [1.54, 1.807) is 6.20 Å². The van der Waals surface area contributed by atoms with Crippen LogP contribution >= 0.6 is 0 Å². The number of piperidine rings is 1. The van der Waals surface area contributed by atoms with Crippen LogP contribution in [0.2, 0.25) is 0 Å². The van der Waals surface area contributed by atoms with E-state index in [2.05, 4.69) is 9.88 Å². The van der Waals surface area contributed by atoms with Gasteiger partial charge in [-0.25, -0.2) is 9.78 Å². The molecule has 128 valence electrons. The fourth-order valence-corrected chi connectivity index (χ4v) is 3.68. The molecule has 0 amide bonds. The topological polar surface area (TPSA) is 60.2 Å². The average Bonchev–Trinajstić information content (AvgIpc) is 3.39. The normalized spacial score (nSPS) is 18.2. The van der Waals surface area contributed by atoms with Crippen LogP contribution in [-0.4, -0.2) is 40.4 Å². The van der Waals surface area contributed by atoms with Gasteiger partial charge in [0.05, 0.1) is 23.4 Å². The van der Waals surface area contributed by atoms with Crippen LogP contribution in [-0.2, 0) is 11.8 Å². The fourth-order valence-electron chi connectivity index (χ4n) is 3.68. The van der Waals surface area contributed by atoms with Crippen molar-refractivity contribution in [3.8, 4) is 0 Å². The van der Waals surface area contributed by atoms with Crippen molar-refractivity contribution in [3.05, 3.63) is 17.5 Å². The number of esters is 1. The molecule has 4 rings (SSSR count). The molecule has 6 nitrogen and oxygen atoms in total. The highest BCUT2D eigenvalue weighted by Crippen LogP contribution is 2.45. The van der Waals surface area contributed by atoms with Gasteiger partial charge in [0.1, 0.15) is 5.56 Å². The van der Waals surface area contributed by atoms with Crippen LogP contribution in [0.15, 0.2) is 6.20 Å². The predicted molar refractivity (Wildman–Crippen MR) is 92.5 cm³/mol. The van der Waals surface area contributed by atoms with Crippen LogP contribution in [0.4, 0.5) is 5.69 Å². The van der Waals surface area contributed by atoms with Gasteiger partial charge in [0.15, 0.2) is 5.65 Å². The van der Waals surface area contributed by atoms with E-state index in [1.165, 1.54) is 19.3 Å². The predicted octanol–water partition coefficient (Wildman–Crippen LogP) is 3.01. The molecule has 0 unspecified atom stereocenters. The minimum atomic E-state index is -0.280. The molecule has 0 aromatic carbocycles. The van der Waals surface area contributed by atoms with Crippen LogP contribution in [0.3, 0.4) is 0 Å². The monoisotopic (exact) mass is 328 g/mol. The lowest BCUT2D eigenvalue weighted by molar-refractivity contribution is 0.0526. The van der Waals surface area contributed by atoms with Crippen molar-refractivity contribution in [1.29, 1.82) is 0 Å². The fraction of sp³-hybridized carbons (Fsp3) is 0.611. The van der Waals surface area contributed by atoms with E-state index in [1.807, 2.05) is 18.7 Å². The molecule has 2 aliphatic rings. The molecule has 0 spiro atoms. The van der Waals surface area contributed by atoms with E-state index in [0.717, 1.165) is 48.3 Å². The first-order chi connectivity index (χ1) is 11.7. The molecule has 1 aliphatic heterocycles. The molecular formula is C18H24N4O2. The second kappa shape index (κ2) is 6.07. The second-order valence-corrected chi connectivity index (χ2v) is 6.77. The maximum Gasteiger partial charge on any atom is 0.341 e. The molecule has 1 aliphatic carbocycles.